The summed E-state index contributed by atoms with van der Waals surface area (Å²) < 4.78 is 2.38. The maximum Gasteiger partial charge on any atom is 0.263 e. The quantitative estimate of drug-likeness (QED) is 0.338. The van der Waals surface area contributed by atoms with Crippen LogP contribution < -0.4 is 10.9 Å². The van der Waals surface area contributed by atoms with Crippen LogP contribution in [-0.4, -0.2) is 25.7 Å². The van der Waals surface area contributed by atoms with Crippen molar-refractivity contribution in [1.82, 2.24) is 19.7 Å². The summed E-state index contributed by atoms with van der Waals surface area (Å²) in [5, 5.41) is 14.8. The Kier molecular flexibility index (Phi) is 6.82. The van der Waals surface area contributed by atoms with E-state index in [1.807, 2.05) is 36.6 Å². The van der Waals surface area contributed by atoms with Crippen LogP contribution in [0.25, 0.3) is 21.3 Å². The molecule has 3 aromatic heterocycles. The van der Waals surface area contributed by atoms with Gasteiger partial charge in [-0.05, 0) is 30.0 Å². The number of nitrogens with zero attached hydrogens (tertiary/aromatic N) is 4. The molecule has 0 saturated heterocycles. The lowest BCUT2D eigenvalue weighted by Crippen LogP contribution is -2.33. The fraction of sp³-hybridized carbons (Fsp3) is 0.318. The summed E-state index contributed by atoms with van der Waals surface area (Å²) in [5.74, 6) is 0.153. The van der Waals surface area contributed by atoms with Gasteiger partial charge in [-0.3, -0.25) is 19.5 Å². The summed E-state index contributed by atoms with van der Waals surface area (Å²) >= 11 is 6.22. The van der Waals surface area contributed by atoms with E-state index in [0.29, 0.717) is 27.7 Å². The summed E-state index contributed by atoms with van der Waals surface area (Å²) in [4.78, 5) is 31.6. The molecule has 1 aromatic carbocycles. The number of aromatic nitrogens is 4. The maximum atomic E-state index is 13.4. The van der Waals surface area contributed by atoms with Gasteiger partial charge in [0.2, 0.25) is 11.0 Å². The average Bonchev–Trinajstić information content (AvgIpc) is 3.37. The smallest absolute Gasteiger partial charge is 0.263 e. The van der Waals surface area contributed by atoms with E-state index < -0.39 is 6.04 Å². The topological polar surface area (TPSA) is 89.8 Å². The van der Waals surface area contributed by atoms with Gasteiger partial charge in [0, 0.05) is 21.8 Å². The average molecular weight is 532 g/mol. The standard InChI is InChI=1S/C22H22BrN5O2S2/c1-4-16(19(29)25-22-27-26-17(32-22)9-12(2)3)28-11-24-20-18(21(28)30)15(10-31-20)13-5-7-14(23)8-6-13/h5-8,10-12,16H,4,9H2,1-3H3,(H,25,27,29). The molecule has 0 fully saturated rings. The Labute approximate surface area is 201 Å². The molecule has 0 aliphatic rings. The molecule has 1 atom stereocenters. The molecule has 0 radical (unpaired) electrons. The van der Waals surface area contributed by atoms with Crippen molar-refractivity contribution in [1.29, 1.82) is 0 Å². The molecule has 1 amide bonds. The van der Waals surface area contributed by atoms with E-state index in [2.05, 4.69) is 50.3 Å². The molecule has 1 unspecified atom stereocenters. The fourth-order valence-electron chi connectivity index (χ4n) is 3.44. The highest BCUT2D eigenvalue weighted by molar-refractivity contribution is 9.10. The minimum atomic E-state index is -0.700. The second-order valence-electron chi connectivity index (χ2n) is 7.81. The van der Waals surface area contributed by atoms with Crippen molar-refractivity contribution >= 4 is 59.9 Å². The molecular formula is C22H22BrN5O2S2. The first-order chi connectivity index (χ1) is 15.4. The normalized spacial score (nSPS) is 12.4. The van der Waals surface area contributed by atoms with Crippen LogP contribution in [0, 0.1) is 5.92 Å². The molecule has 166 valence electrons. The SMILES string of the molecule is CCC(C(=O)Nc1nnc(CC(C)C)s1)n1cnc2scc(-c3ccc(Br)cc3)c2c1=O. The minimum absolute atomic E-state index is 0.228. The molecule has 7 nitrogen and oxygen atoms in total. The highest BCUT2D eigenvalue weighted by Crippen LogP contribution is 2.32. The van der Waals surface area contributed by atoms with Gasteiger partial charge in [-0.2, -0.15) is 0 Å². The first-order valence-electron chi connectivity index (χ1n) is 10.2. The molecule has 0 saturated carbocycles. The van der Waals surface area contributed by atoms with Crippen molar-refractivity contribution in [2.75, 3.05) is 5.32 Å². The molecule has 3 heterocycles. The molecule has 0 aliphatic heterocycles. The number of fused-ring (bicyclic) bond motifs is 1. The number of amides is 1. The lowest BCUT2D eigenvalue weighted by atomic mass is 10.1. The van der Waals surface area contributed by atoms with Gasteiger partial charge >= 0.3 is 0 Å². The van der Waals surface area contributed by atoms with Crippen LogP contribution in [0.1, 0.15) is 38.2 Å². The van der Waals surface area contributed by atoms with Crippen molar-refractivity contribution in [3.8, 4) is 11.1 Å². The van der Waals surface area contributed by atoms with E-state index in [1.54, 1.807) is 0 Å². The Morgan fingerprint density at radius 3 is 2.66 bits per heavy atom. The third-order valence-corrected chi connectivity index (χ3v) is 7.26. The summed E-state index contributed by atoms with van der Waals surface area (Å²) in [6, 6.07) is 7.08. The summed E-state index contributed by atoms with van der Waals surface area (Å²) in [5.41, 5.74) is 1.52. The van der Waals surface area contributed by atoms with E-state index in [9.17, 15) is 9.59 Å². The van der Waals surface area contributed by atoms with E-state index in [0.717, 1.165) is 27.0 Å². The van der Waals surface area contributed by atoms with Gasteiger partial charge in [0.05, 0.1) is 11.7 Å². The second-order valence-corrected chi connectivity index (χ2v) is 10.6. The first kappa shape index (κ1) is 22.8. The number of thiophene rings is 1. The number of halogens is 1. The van der Waals surface area contributed by atoms with Crippen LogP contribution >= 0.6 is 38.6 Å². The zero-order valence-electron chi connectivity index (χ0n) is 17.8. The molecule has 4 aromatic rings. The molecular weight excluding hydrogens is 510 g/mol. The molecule has 4 rings (SSSR count). The Morgan fingerprint density at radius 1 is 1.22 bits per heavy atom. The van der Waals surface area contributed by atoms with E-state index in [-0.39, 0.29) is 11.5 Å². The molecule has 0 aliphatic carbocycles. The van der Waals surface area contributed by atoms with Gasteiger partial charge in [-0.25, -0.2) is 4.98 Å². The molecule has 0 spiro atoms. The lowest BCUT2D eigenvalue weighted by molar-refractivity contribution is -0.119. The van der Waals surface area contributed by atoms with Crippen molar-refractivity contribution in [2.24, 2.45) is 5.92 Å². The van der Waals surface area contributed by atoms with Crippen LogP contribution in [0.5, 0.6) is 0 Å². The molecule has 10 heteroatoms. The Hall–Kier alpha value is -2.43. The third-order valence-electron chi connectivity index (χ3n) is 4.98. The number of carbonyl (C=O) groups is 1. The van der Waals surface area contributed by atoms with Crippen molar-refractivity contribution < 1.29 is 4.79 Å². The Balaban J connectivity index is 1.66. The second kappa shape index (κ2) is 9.60. The fourth-order valence-corrected chi connectivity index (χ4v) is 5.57. The monoisotopic (exact) mass is 531 g/mol. The van der Waals surface area contributed by atoms with Gasteiger partial charge in [0.25, 0.3) is 5.56 Å². The number of rotatable bonds is 7. The zero-order chi connectivity index (χ0) is 22.8. The van der Waals surface area contributed by atoms with Crippen LogP contribution in [0.3, 0.4) is 0 Å². The largest absolute Gasteiger partial charge is 0.299 e. The Bertz CT molecular complexity index is 1310. The maximum absolute atomic E-state index is 13.4. The number of hydrogen-bond acceptors (Lipinski definition) is 7. The van der Waals surface area contributed by atoms with E-state index >= 15 is 0 Å². The first-order valence-corrected chi connectivity index (χ1v) is 12.7. The van der Waals surface area contributed by atoms with Crippen molar-refractivity contribution in [3.05, 3.63) is 55.8 Å². The predicted octanol–water partition coefficient (Wildman–Crippen LogP) is 5.53. The third kappa shape index (κ3) is 4.67. The van der Waals surface area contributed by atoms with E-state index in [4.69, 9.17) is 0 Å². The highest BCUT2D eigenvalue weighted by Gasteiger charge is 2.24. The highest BCUT2D eigenvalue weighted by atomic mass is 79.9. The lowest BCUT2D eigenvalue weighted by Gasteiger charge is -2.16. The number of hydrogen-bond donors (Lipinski definition) is 1. The van der Waals surface area contributed by atoms with Gasteiger partial charge in [-0.15, -0.1) is 21.5 Å². The number of nitrogens with one attached hydrogen (secondary N) is 1. The summed E-state index contributed by atoms with van der Waals surface area (Å²) in [6.45, 7) is 6.08. The van der Waals surface area contributed by atoms with Gasteiger partial charge < -0.3 is 0 Å². The predicted molar refractivity (Wildman–Crippen MR) is 133 cm³/mol. The van der Waals surface area contributed by atoms with Crippen LogP contribution in [0.15, 0.2) is 45.2 Å². The van der Waals surface area contributed by atoms with Crippen LogP contribution in [-0.2, 0) is 11.2 Å². The molecule has 1 N–H and O–H groups in total. The number of carbonyl (C=O) groups excluding carboxylic acids is 1. The molecule has 32 heavy (non-hydrogen) atoms. The minimum Gasteiger partial charge on any atom is -0.299 e. The van der Waals surface area contributed by atoms with Gasteiger partial charge in [-0.1, -0.05) is 60.2 Å². The molecule has 0 bridgehead atoms. The number of anilines is 1. The van der Waals surface area contributed by atoms with Gasteiger partial charge in [0.15, 0.2) is 0 Å². The zero-order valence-corrected chi connectivity index (χ0v) is 21.1. The van der Waals surface area contributed by atoms with E-state index in [1.165, 1.54) is 33.6 Å². The van der Waals surface area contributed by atoms with Crippen LogP contribution in [0.2, 0.25) is 0 Å². The summed E-state index contributed by atoms with van der Waals surface area (Å²) in [6.07, 6.45) is 2.71. The van der Waals surface area contributed by atoms with Crippen LogP contribution in [0.4, 0.5) is 5.13 Å². The number of benzene rings is 1. The van der Waals surface area contributed by atoms with Crippen molar-refractivity contribution in [3.63, 3.8) is 0 Å². The van der Waals surface area contributed by atoms with Crippen molar-refractivity contribution in [2.45, 2.75) is 39.7 Å². The van der Waals surface area contributed by atoms with Gasteiger partial charge in [0.1, 0.15) is 15.9 Å². The summed E-state index contributed by atoms with van der Waals surface area (Å²) in [7, 11) is 0. The Morgan fingerprint density at radius 2 is 1.97 bits per heavy atom.